The van der Waals surface area contributed by atoms with Crippen LogP contribution in [0.5, 0.6) is 21.6 Å². The van der Waals surface area contributed by atoms with Crippen molar-refractivity contribution in [1.82, 2.24) is 25.0 Å². The van der Waals surface area contributed by atoms with Gasteiger partial charge in [-0.05, 0) is 51.9 Å². The number of nitrogens with zero attached hydrogens (tertiary/aromatic N) is 4. The van der Waals surface area contributed by atoms with Crippen LogP contribution < -0.4 is 24.3 Å². The highest BCUT2D eigenvalue weighted by atomic mass is 32.1. The average molecular weight is 684 g/mol. The van der Waals surface area contributed by atoms with Crippen LogP contribution in [0.25, 0.3) is 0 Å². The number of aldehydes is 1. The molecule has 3 aromatic heterocycles. The molecule has 13 heteroatoms. The minimum absolute atomic E-state index is 0.00184. The van der Waals surface area contributed by atoms with Crippen molar-refractivity contribution in [3.05, 3.63) is 33.5 Å². The van der Waals surface area contributed by atoms with Crippen LogP contribution >= 0.6 is 22.7 Å². The van der Waals surface area contributed by atoms with Gasteiger partial charge < -0.3 is 28.8 Å². The molecule has 8 rings (SSSR count). The molecular formula is C34H45N5O6S2. The van der Waals surface area contributed by atoms with Crippen LogP contribution in [0.3, 0.4) is 0 Å². The Morgan fingerprint density at radius 3 is 2.26 bits per heavy atom. The van der Waals surface area contributed by atoms with Crippen LogP contribution in [-0.4, -0.2) is 64.1 Å². The first kappa shape index (κ1) is 32.4. The molecular weight excluding hydrogens is 639 g/mol. The van der Waals surface area contributed by atoms with Crippen molar-refractivity contribution < 1.29 is 28.5 Å². The first-order valence-electron chi connectivity index (χ1n) is 17.1. The molecule has 2 bridgehead atoms. The van der Waals surface area contributed by atoms with E-state index in [-0.39, 0.29) is 24.7 Å². The van der Waals surface area contributed by atoms with Crippen molar-refractivity contribution >= 4 is 34.9 Å². The van der Waals surface area contributed by atoms with Crippen molar-refractivity contribution in [2.24, 2.45) is 5.92 Å². The van der Waals surface area contributed by atoms with Crippen LogP contribution in [-0.2, 0) is 4.79 Å². The molecule has 0 spiro atoms. The summed E-state index contributed by atoms with van der Waals surface area (Å²) < 4.78 is 23.7. The molecule has 4 aliphatic heterocycles. The number of ether oxygens (including phenoxy) is 4. The zero-order chi connectivity index (χ0) is 32.5. The fraction of sp³-hybridized carbons (Fsp3) is 0.647. The molecule has 11 nitrogen and oxygen atoms in total. The summed E-state index contributed by atoms with van der Waals surface area (Å²) in [4.78, 5) is 28.0. The summed E-state index contributed by atoms with van der Waals surface area (Å²) in [5.74, 6) is 4.44. The second kappa shape index (κ2) is 14.1. The van der Waals surface area contributed by atoms with Crippen molar-refractivity contribution in [2.45, 2.75) is 115 Å². The lowest BCUT2D eigenvalue weighted by atomic mass is 9.88. The fourth-order valence-electron chi connectivity index (χ4n) is 7.95. The molecule has 3 aromatic rings. The van der Waals surface area contributed by atoms with E-state index in [1.165, 1.54) is 43.4 Å². The molecule has 0 radical (unpaired) electrons. The van der Waals surface area contributed by atoms with Gasteiger partial charge >= 0.3 is 0 Å². The number of aromatic nitrogens is 3. The van der Waals surface area contributed by atoms with Crippen LogP contribution in [0.1, 0.15) is 122 Å². The highest BCUT2D eigenvalue weighted by molar-refractivity contribution is 7.15. The summed E-state index contributed by atoms with van der Waals surface area (Å²) in [6.07, 6.45) is 12.2. The van der Waals surface area contributed by atoms with E-state index in [0.29, 0.717) is 46.5 Å². The molecule has 1 N–H and O–H groups in total. The Labute approximate surface area is 283 Å². The number of rotatable bonds is 9. The molecule has 254 valence electrons. The second-order valence-corrected chi connectivity index (χ2v) is 15.7. The van der Waals surface area contributed by atoms with Crippen molar-refractivity contribution in [3.8, 4) is 21.6 Å². The predicted octanol–water partition coefficient (Wildman–Crippen LogP) is 6.79. The van der Waals surface area contributed by atoms with Gasteiger partial charge in [0.15, 0.2) is 17.8 Å². The number of carbonyl (C=O) groups is 2. The lowest BCUT2D eigenvalue weighted by Gasteiger charge is -2.40. The molecule has 1 aliphatic carbocycles. The number of amides is 1. The number of aryl methyl sites for hydroxylation is 1. The van der Waals surface area contributed by atoms with Crippen LogP contribution in [0.15, 0.2) is 12.1 Å². The van der Waals surface area contributed by atoms with E-state index in [9.17, 15) is 9.59 Å². The van der Waals surface area contributed by atoms with Gasteiger partial charge in [0.05, 0.1) is 10.9 Å². The third-order valence-corrected chi connectivity index (χ3v) is 12.3. The Balaban J connectivity index is 0.000000298. The van der Waals surface area contributed by atoms with E-state index in [1.54, 1.807) is 17.4 Å². The van der Waals surface area contributed by atoms with E-state index in [1.807, 2.05) is 0 Å². The monoisotopic (exact) mass is 683 g/mol. The normalized spacial score (nSPS) is 23.9. The molecule has 3 atom stereocenters. The van der Waals surface area contributed by atoms with Gasteiger partial charge in [0, 0.05) is 53.5 Å². The van der Waals surface area contributed by atoms with Crippen molar-refractivity contribution in [3.63, 3.8) is 0 Å². The molecule has 2 saturated heterocycles. The average Bonchev–Trinajstić information content (AvgIpc) is 3.91. The Morgan fingerprint density at radius 2 is 1.62 bits per heavy atom. The zero-order valence-corrected chi connectivity index (χ0v) is 29.1. The largest absolute Gasteiger partial charge is 0.453 e. The van der Waals surface area contributed by atoms with Gasteiger partial charge in [-0.3, -0.25) is 14.5 Å². The Hall–Kier alpha value is -3.16. The number of piperidine rings is 1. The Bertz CT molecular complexity index is 1500. The summed E-state index contributed by atoms with van der Waals surface area (Å²) in [6, 6.07) is 5.42. The number of fused-ring (bicyclic) bond motifs is 4. The molecule has 1 saturated carbocycles. The SMILES string of the molecule is Cc1nnc(C(C)C)n1C1CC2CCC(C1)N2CC[C@H](NC(=O)C1CCCCC1)c1cc2c(s1)OCO2.O=Cc1cc2c(s1)OCO2. The van der Waals surface area contributed by atoms with Gasteiger partial charge in [0.25, 0.3) is 0 Å². The van der Waals surface area contributed by atoms with Gasteiger partial charge in [-0.25, -0.2) is 0 Å². The van der Waals surface area contributed by atoms with E-state index >= 15 is 0 Å². The number of hydrogen-bond acceptors (Lipinski definition) is 11. The van der Waals surface area contributed by atoms with Gasteiger partial charge in [0.2, 0.25) is 29.6 Å². The summed E-state index contributed by atoms with van der Waals surface area (Å²) in [5, 5.41) is 13.9. The fourth-order valence-corrected chi connectivity index (χ4v) is 9.72. The van der Waals surface area contributed by atoms with E-state index in [4.69, 9.17) is 18.9 Å². The predicted molar refractivity (Wildman–Crippen MR) is 179 cm³/mol. The summed E-state index contributed by atoms with van der Waals surface area (Å²) in [7, 11) is 0. The van der Waals surface area contributed by atoms with E-state index in [0.717, 1.165) is 72.3 Å². The maximum atomic E-state index is 13.2. The third-order valence-electron chi connectivity index (χ3n) is 10.2. The van der Waals surface area contributed by atoms with Crippen molar-refractivity contribution in [1.29, 1.82) is 0 Å². The Kier molecular flexibility index (Phi) is 9.74. The maximum absolute atomic E-state index is 13.2. The molecule has 7 heterocycles. The molecule has 47 heavy (non-hydrogen) atoms. The van der Waals surface area contributed by atoms with Gasteiger partial charge in [-0.1, -0.05) is 55.8 Å². The van der Waals surface area contributed by atoms with Crippen molar-refractivity contribution in [2.75, 3.05) is 20.1 Å². The van der Waals surface area contributed by atoms with Gasteiger partial charge in [-0.2, -0.15) is 0 Å². The van der Waals surface area contributed by atoms with Crippen LogP contribution in [0.4, 0.5) is 0 Å². The molecule has 0 aromatic carbocycles. The van der Waals surface area contributed by atoms with E-state index < -0.39 is 0 Å². The second-order valence-electron chi connectivity index (χ2n) is 13.6. The molecule has 3 fully saturated rings. The lowest BCUT2D eigenvalue weighted by molar-refractivity contribution is -0.126. The maximum Gasteiger partial charge on any atom is 0.232 e. The first-order valence-corrected chi connectivity index (χ1v) is 18.7. The lowest BCUT2D eigenvalue weighted by Crippen LogP contribution is -2.45. The van der Waals surface area contributed by atoms with Gasteiger partial charge in [0.1, 0.15) is 11.6 Å². The minimum Gasteiger partial charge on any atom is -0.453 e. The topological polar surface area (TPSA) is 117 Å². The third kappa shape index (κ3) is 6.89. The minimum atomic E-state index is 0.00184. The summed E-state index contributed by atoms with van der Waals surface area (Å²) >= 11 is 2.94. The number of carbonyl (C=O) groups excluding carboxylic acids is 2. The number of thiophene rings is 2. The molecule has 1 amide bonds. The quantitative estimate of drug-likeness (QED) is 0.244. The number of nitrogens with one attached hydrogen (secondary N) is 1. The first-order chi connectivity index (χ1) is 22.9. The van der Waals surface area contributed by atoms with Crippen LogP contribution in [0.2, 0.25) is 0 Å². The number of hydrogen-bond donors (Lipinski definition) is 1. The highest BCUT2D eigenvalue weighted by Crippen LogP contribution is 2.46. The summed E-state index contributed by atoms with van der Waals surface area (Å²) in [5.41, 5.74) is 0. The summed E-state index contributed by atoms with van der Waals surface area (Å²) in [6.45, 7) is 8.09. The van der Waals surface area contributed by atoms with Crippen LogP contribution in [0, 0.1) is 12.8 Å². The standard InChI is InChI=1S/C28H41N5O3S.C6H4O3S/c1-17(2)26-31-30-18(3)33(26)22-13-20-9-10-21(14-22)32(20)12-11-23(25-15-24-28(37-25)36-16-35-24)29-27(34)19-7-5-4-6-8-19;7-2-4-1-5-6(10-4)9-3-8-5/h15,17,19-23H,4-14,16H2,1-3H3,(H,29,34);1-2H,3H2/t20?,21?,22?,23-;/m0./s1. The highest BCUT2D eigenvalue weighted by Gasteiger charge is 2.42. The van der Waals surface area contributed by atoms with E-state index in [2.05, 4.69) is 51.8 Å². The molecule has 5 aliphatic rings. The smallest absolute Gasteiger partial charge is 0.232 e. The Morgan fingerprint density at radius 1 is 0.936 bits per heavy atom. The zero-order valence-electron chi connectivity index (χ0n) is 27.4. The van der Waals surface area contributed by atoms with Gasteiger partial charge in [-0.15, -0.1) is 10.2 Å². The molecule has 2 unspecified atom stereocenters.